The van der Waals surface area contributed by atoms with Crippen molar-refractivity contribution < 1.29 is 18.4 Å². The maximum Gasteiger partial charge on any atom is 0.233 e. The number of hydrogen-bond acceptors (Lipinski definition) is 4. The quantitative estimate of drug-likeness (QED) is 0.677. The topological polar surface area (TPSA) is 101 Å². The van der Waals surface area contributed by atoms with Gasteiger partial charge >= 0.3 is 0 Å². The lowest BCUT2D eigenvalue weighted by Gasteiger charge is -2.21. The third-order valence-electron chi connectivity index (χ3n) is 6.08. The van der Waals surface area contributed by atoms with E-state index >= 15 is 0 Å². The number of aromatic nitrogens is 2. The van der Waals surface area contributed by atoms with Crippen molar-refractivity contribution in [1.82, 2.24) is 9.78 Å². The van der Waals surface area contributed by atoms with Gasteiger partial charge in [-0.25, -0.2) is 4.21 Å². The van der Waals surface area contributed by atoms with Gasteiger partial charge in [0.2, 0.25) is 5.91 Å². The summed E-state index contributed by atoms with van der Waals surface area (Å²) in [7, 11) is 1.79. The second kappa shape index (κ2) is 7.84. The van der Waals surface area contributed by atoms with Crippen molar-refractivity contribution in [1.29, 1.82) is 0 Å². The lowest BCUT2D eigenvalue weighted by atomic mass is 9.86. The summed E-state index contributed by atoms with van der Waals surface area (Å²) in [6, 6.07) is 9.21. The molecule has 0 spiro atoms. The number of anilines is 1. The number of carbonyl (C=O) groups excluding carboxylic acids is 2. The van der Waals surface area contributed by atoms with E-state index in [0.717, 1.165) is 17.5 Å². The van der Waals surface area contributed by atoms with Crippen LogP contribution in [0.1, 0.15) is 55.6 Å². The molecule has 0 radical (unpaired) electrons. The molecule has 154 valence electrons. The van der Waals surface area contributed by atoms with Gasteiger partial charge in [-0.15, -0.1) is 0 Å². The zero-order valence-corrected chi connectivity index (χ0v) is 17.2. The third-order valence-corrected chi connectivity index (χ3v) is 7.39. The van der Waals surface area contributed by atoms with Gasteiger partial charge in [-0.1, -0.05) is 24.3 Å². The Kier molecular flexibility index (Phi) is 5.40. The summed E-state index contributed by atoms with van der Waals surface area (Å²) >= 11 is -1.90. The van der Waals surface area contributed by atoms with Crippen LogP contribution in [-0.2, 0) is 32.5 Å². The Morgan fingerprint density at radius 2 is 2.07 bits per heavy atom. The van der Waals surface area contributed by atoms with Crippen LogP contribution in [0.2, 0.25) is 0 Å². The number of benzene rings is 1. The minimum absolute atomic E-state index is 0.150. The molecule has 7 nitrogen and oxygen atoms in total. The molecule has 1 aromatic carbocycles. The van der Waals surface area contributed by atoms with Crippen LogP contribution in [0.5, 0.6) is 0 Å². The Labute approximate surface area is 172 Å². The first kappa shape index (κ1) is 20.0. The zero-order valence-electron chi connectivity index (χ0n) is 16.3. The molecule has 2 saturated carbocycles. The fourth-order valence-electron chi connectivity index (χ4n) is 4.21. The molecule has 3 atom stereocenters. The first-order valence-electron chi connectivity index (χ1n) is 9.91. The highest BCUT2D eigenvalue weighted by molar-refractivity contribution is 7.80. The van der Waals surface area contributed by atoms with Gasteiger partial charge in [0.1, 0.15) is 5.78 Å². The van der Waals surface area contributed by atoms with Crippen molar-refractivity contribution in [3.63, 3.8) is 0 Å². The van der Waals surface area contributed by atoms with E-state index in [0.29, 0.717) is 37.9 Å². The van der Waals surface area contributed by atoms with Gasteiger partial charge in [0.25, 0.3) is 0 Å². The monoisotopic (exact) mass is 415 g/mol. The summed E-state index contributed by atoms with van der Waals surface area (Å²) < 4.78 is 22.3. The van der Waals surface area contributed by atoms with Crippen molar-refractivity contribution in [2.75, 3.05) is 5.32 Å². The lowest BCUT2D eigenvalue weighted by molar-refractivity contribution is -0.119. The summed E-state index contributed by atoms with van der Waals surface area (Å²) in [4.78, 5) is 24.8. The number of nitrogens with one attached hydrogen (secondary N) is 1. The highest BCUT2D eigenvalue weighted by Crippen LogP contribution is 2.50. The summed E-state index contributed by atoms with van der Waals surface area (Å²) in [5.74, 6) is 0.394. The fourth-order valence-corrected chi connectivity index (χ4v) is 5.00. The minimum Gasteiger partial charge on any atom is -0.309 e. The van der Waals surface area contributed by atoms with E-state index in [9.17, 15) is 18.4 Å². The van der Waals surface area contributed by atoms with Gasteiger partial charge in [0.15, 0.2) is 16.9 Å². The molecule has 0 bridgehead atoms. The molecule has 1 aromatic heterocycles. The molecule has 2 fully saturated rings. The minimum atomic E-state index is -1.90. The van der Waals surface area contributed by atoms with Gasteiger partial charge in [0.05, 0.1) is 10.7 Å². The average Bonchev–Trinajstić information content (AvgIpc) is 3.27. The normalized spacial score (nSPS) is 22.3. The largest absolute Gasteiger partial charge is 0.309 e. The van der Waals surface area contributed by atoms with Crippen LogP contribution in [0.4, 0.5) is 5.82 Å². The van der Waals surface area contributed by atoms with E-state index in [1.54, 1.807) is 24.0 Å². The highest BCUT2D eigenvalue weighted by Gasteiger charge is 2.50. The number of ketones is 1. The van der Waals surface area contributed by atoms with E-state index in [1.165, 1.54) is 0 Å². The van der Waals surface area contributed by atoms with Crippen LogP contribution in [0, 0.1) is 5.92 Å². The van der Waals surface area contributed by atoms with Crippen LogP contribution in [0.15, 0.2) is 36.5 Å². The van der Waals surface area contributed by atoms with Crippen molar-refractivity contribution >= 4 is 28.6 Å². The highest BCUT2D eigenvalue weighted by atomic mass is 32.2. The second-order valence-electron chi connectivity index (χ2n) is 8.17. The number of nitrogens with zero attached hydrogens (tertiary/aromatic N) is 2. The van der Waals surface area contributed by atoms with E-state index in [2.05, 4.69) is 10.4 Å². The molecule has 2 aromatic rings. The van der Waals surface area contributed by atoms with Crippen LogP contribution in [-0.4, -0.2) is 30.2 Å². The number of carbonyl (C=O) groups is 2. The van der Waals surface area contributed by atoms with Gasteiger partial charge < -0.3 is 9.87 Å². The van der Waals surface area contributed by atoms with Gasteiger partial charge in [-0.05, 0) is 42.7 Å². The van der Waals surface area contributed by atoms with E-state index in [-0.39, 0.29) is 17.6 Å². The average molecular weight is 416 g/mol. The van der Waals surface area contributed by atoms with E-state index in [1.807, 2.05) is 24.3 Å². The summed E-state index contributed by atoms with van der Waals surface area (Å²) in [6.07, 6.45) is 5.68. The fraction of sp³-hybridized carbons (Fsp3) is 0.476. The summed E-state index contributed by atoms with van der Waals surface area (Å²) in [5.41, 5.74) is 1.68. The maximum absolute atomic E-state index is 13.1. The molecule has 4 rings (SSSR count). The first-order valence-corrected chi connectivity index (χ1v) is 11.0. The molecule has 0 saturated heterocycles. The van der Waals surface area contributed by atoms with Crippen molar-refractivity contribution in [3.05, 3.63) is 47.7 Å². The molecule has 1 heterocycles. The van der Waals surface area contributed by atoms with Gasteiger partial charge in [-0.3, -0.25) is 14.3 Å². The lowest BCUT2D eigenvalue weighted by Crippen LogP contribution is -2.24. The Balaban J connectivity index is 1.56. The van der Waals surface area contributed by atoms with Crippen LogP contribution < -0.4 is 5.32 Å². The van der Waals surface area contributed by atoms with Crippen molar-refractivity contribution in [2.24, 2.45) is 13.0 Å². The first-order chi connectivity index (χ1) is 13.9. The number of aryl methyl sites for hydroxylation is 1. The van der Waals surface area contributed by atoms with Gasteiger partial charge in [-0.2, -0.15) is 5.10 Å². The SMILES string of the molecule is Cn1ccc(NC(=O)[C@H](C[C@H]2CCC(=O)C2)c2ccc(C3(S(=O)O)CC3)cc2)n1. The smallest absolute Gasteiger partial charge is 0.233 e. The molecule has 1 amide bonds. The third kappa shape index (κ3) is 4.18. The molecule has 2 N–H and O–H groups in total. The maximum atomic E-state index is 13.1. The van der Waals surface area contributed by atoms with Crippen molar-refractivity contribution in [2.45, 2.75) is 49.2 Å². The number of hydrogen-bond donors (Lipinski definition) is 2. The number of rotatable bonds is 7. The predicted molar refractivity (Wildman–Crippen MR) is 110 cm³/mol. The molecule has 1 unspecified atom stereocenters. The number of amides is 1. The molecular weight excluding hydrogens is 390 g/mol. The molecule has 2 aliphatic carbocycles. The standard InChI is InChI=1S/C21H25N3O4S/c1-24-11-8-19(23-24)22-20(26)18(13-14-2-7-17(25)12-14)15-3-5-16(6-4-15)21(9-10-21)29(27)28/h3-6,8,11,14,18H,2,7,9-10,12-13H2,1H3,(H,27,28)(H,22,23,26)/t14-,18+/m0/s1. The Morgan fingerprint density at radius 1 is 1.34 bits per heavy atom. The summed E-state index contributed by atoms with van der Waals surface area (Å²) in [6.45, 7) is 0. The Hall–Kier alpha value is -2.32. The molecule has 29 heavy (non-hydrogen) atoms. The van der Waals surface area contributed by atoms with Crippen LogP contribution in [0.25, 0.3) is 0 Å². The van der Waals surface area contributed by atoms with E-state index < -0.39 is 21.7 Å². The van der Waals surface area contributed by atoms with Gasteiger partial charge in [0, 0.05) is 32.2 Å². The number of Topliss-reactive ketones (excluding diaryl/α,β-unsaturated/α-hetero) is 1. The van der Waals surface area contributed by atoms with Crippen LogP contribution >= 0.6 is 0 Å². The molecule has 2 aliphatic rings. The van der Waals surface area contributed by atoms with E-state index in [4.69, 9.17) is 0 Å². The van der Waals surface area contributed by atoms with Crippen LogP contribution in [0.3, 0.4) is 0 Å². The Morgan fingerprint density at radius 3 is 2.59 bits per heavy atom. The Bertz CT molecular complexity index is 949. The van der Waals surface area contributed by atoms with Crippen molar-refractivity contribution in [3.8, 4) is 0 Å². The molecular formula is C21H25N3O4S. The molecule has 8 heteroatoms. The zero-order chi connectivity index (χ0) is 20.6. The summed E-state index contributed by atoms with van der Waals surface area (Å²) in [5, 5.41) is 7.09. The molecule has 0 aliphatic heterocycles. The predicted octanol–water partition coefficient (Wildman–Crippen LogP) is 3.11. The second-order valence-corrected chi connectivity index (χ2v) is 9.44.